The number of hydrogen-bond donors (Lipinski definition) is 2. The van der Waals surface area contributed by atoms with E-state index in [1.54, 1.807) is 0 Å². The molecule has 0 aromatic carbocycles. The summed E-state index contributed by atoms with van der Waals surface area (Å²) in [5.74, 6) is 0.409. The fourth-order valence-corrected chi connectivity index (χ4v) is 4.98. The molecule has 2 atom stereocenters. The Kier molecular flexibility index (Phi) is 12.7. The Labute approximate surface area is 216 Å². The second-order valence-corrected chi connectivity index (χ2v) is 13.2. The van der Waals surface area contributed by atoms with Crippen molar-refractivity contribution < 1.29 is 14.6 Å². The average molecular weight is 499 g/mol. The number of carbonyl (C=O) groups excluding carboxylic acids is 1. The molecule has 7 heteroatoms. The molecule has 0 radical (unpaired) electrons. The zero-order valence-corrected chi connectivity index (χ0v) is 24.9. The number of rotatable bonds is 15. The highest BCUT2D eigenvalue weighted by Crippen LogP contribution is 2.26. The molecule has 1 rings (SSSR count). The van der Waals surface area contributed by atoms with E-state index in [-0.39, 0.29) is 40.9 Å². The van der Waals surface area contributed by atoms with Crippen LogP contribution < -0.4 is 5.32 Å². The molecular weight excluding hydrogens is 440 g/mol. The maximum atomic E-state index is 12.5. The lowest BCUT2D eigenvalue weighted by molar-refractivity contribution is -0.128. The predicted molar refractivity (Wildman–Crippen MR) is 146 cm³/mol. The van der Waals surface area contributed by atoms with Gasteiger partial charge >= 0.3 is 0 Å². The van der Waals surface area contributed by atoms with Crippen molar-refractivity contribution in [1.29, 1.82) is 0 Å². The highest BCUT2D eigenvalue weighted by atomic mass is 16.5. The molecule has 2 N–H and O–H groups in total. The highest BCUT2D eigenvalue weighted by Gasteiger charge is 2.34. The van der Waals surface area contributed by atoms with E-state index in [0.717, 1.165) is 45.8 Å². The Morgan fingerprint density at radius 2 is 1.63 bits per heavy atom. The Hall–Kier alpha value is -0.730. The van der Waals surface area contributed by atoms with Gasteiger partial charge in [0.2, 0.25) is 5.91 Å². The van der Waals surface area contributed by atoms with Crippen molar-refractivity contribution >= 4 is 5.91 Å². The molecule has 0 aromatic rings. The summed E-state index contributed by atoms with van der Waals surface area (Å²) in [6.45, 7) is 28.0. The van der Waals surface area contributed by atoms with Gasteiger partial charge in [0.15, 0.2) is 0 Å². The third-order valence-corrected chi connectivity index (χ3v) is 7.68. The fourth-order valence-electron chi connectivity index (χ4n) is 4.98. The molecule has 1 heterocycles. The van der Waals surface area contributed by atoms with Crippen LogP contribution >= 0.6 is 0 Å². The molecular formula is C28H58N4O3. The lowest BCUT2D eigenvalue weighted by Crippen LogP contribution is -2.60. The van der Waals surface area contributed by atoms with Crippen molar-refractivity contribution in [2.45, 2.75) is 93.2 Å². The van der Waals surface area contributed by atoms with Gasteiger partial charge in [-0.05, 0) is 51.4 Å². The van der Waals surface area contributed by atoms with Gasteiger partial charge in [0, 0.05) is 51.9 Å². The lowest BCUT2D eigenvalue weighted by atomic mass is 9.91. The number of hydrogen-bond acceptors (Lipinski definition) is 6. The molecule has 0 saturated carbocycles. The molecule has 1 saturated heterocycles. The Morgan fingerprint density at radius 1 is 1.06 bits per heavy atom. The maximum Gasteiger partial charge on any atom is 0.225 e. The van der Waals surface area contributed by atoms with Crippen molar-refractivity contribution in [3.63, 3.8) is 0 Å². The second-order valence-electron chi connectivity index (χ2n) is 13.2. The van der Waals surface area contributed by atoms with Crippen molar-refractivity contribution in [3.05, 3.63) is 0 Å². The van der Waals surface area contributed by atoms with E-state index in [1.165, 1.54) is 6.42 Å². The summed E-state index contributed by atoms with van der Waals surface area (Å²) in [5.41, 5.74) is -0.171. The average Bonchev–Trinajstić information content (AvgIpc) is 2.76. The van der Waals surface area contributed by atoms with E-state index in [4.69, 9.17) is 4.74 Å². The summed E-state index contributed by atoms with van der Waals surface area (Å²) in [5, 5.41) is 17.3. The van der Waals surface area contributed by atoms with E-state index >= 15 is 0 Å². The first-order valence-corrected chi connectivity index (χ1v) is 13.8. The van der Waals surface area contributed by atoms with Crippen LogP contribution in [0.15, 0.2) is 0 Å². The number of amides is 1. The molecule has 1 aliphatic rings. The number of aliphatic hydroxyl groups is 1. The summed E-state index contributed by atoms with van der Waals surface area (Å²) < 4.78 is 6.43. The van der Waals surface area contributed by atoms with Gasteiger partial charge in [0.05, 0.1) is 24.7 Å². The Bertz CT molecular complexity index is 628. The number of aliphatic hydroxyl groups excluding tert-OH is 1. The van der Waals surface area contributed by atoms with Gasteiger partial charge < -0.3 is 15.2 Å². The van der Waals surface area contributed by atoms with Crippen molar-refractivity contribution in [2.24, 2.45) is 23.2 Å². The zero-order chi connectivity index (χ0) is 27.0. The molecule has 0 aliphatic carbocycles. The summed E-state index contributed by atoms with van der Waals surface area (Å²) in [4.78, 5) is 15.0. The van der Waals surface area contributed by atoms with Gasteiger partial charge in [-0.25, -0.2) is 10.0 Å². The van der Waals surface area contributed by atoms with Crippen LogP contribution in [0.5, 0.6) is 0 Å². The molecule has 7 nitrogen and oxygen atoms in total. The summed E-state index contributed by atoms with van der Waals surface area (Å²) in [6.07, 6.45) is 2.28. The number of ether oxygens (including phenoxy) is 1. The highest BCUT2D eigenvalue weighted by molar-refractivity contribution is 5.79. The van der Waals surface area contributed by atoms with Gasteiger partial charge in [0.1, 0.15) is 0 Å². The van der Waals surface area contributed by atoms with E-state index in [0.29, 0.717) is 12.5 Å². The van der Waals surface area contributed by atoms with Crippen LogP contribution in [0.2, 0.25) is 0 Å². The van der Waals surface area contributed by atoms with Crippen LogP contribution in [0.25, 0.3) is 0 Å². The minimum atomic E-state index is -0.343. The molecule has 1 fully saturated rings. The van der Waals surface area contributed by atoms with Crippen molar-refractivity contribution in [2.75, 3.05) is 59.5 Å². The second kappa shape index (κ2) is 13.7. The lowest BCUT2D eigenvalue weighted by Gasteiger charge is -2.47. The standard InChI is InChI=1S/C28H58N4O3/c1-12-23(4)17-28(9,10)35-21-27(7,8)31-13-15-32(16-14-31)30(11)20-26(5,6)19-29-25(34)24(18-33)22(2)3/h22-24,33H,12-21H2,1-11H3,(H,29,34). The SMILES string of the molecule is CCC(C)CC(C)(C)OCC(C)(C)N1CCN(N(C)CC(C)(C)CNC(=O)C(CO)C(C)C)CC1. The normalized spacial score (nSPS) is 18.8. The summed E-state index contributed by atoms with van der Waals surface area (Å²) >= 11 is 0. The third-order valence-electron chi connectivity index (χ3n) is 7.68. The number of hydrazine groups is 1. The number of carbonyl (C=O) groups is 1. The van der Waals surface area contributed by atoms with E-state index < -0.39 is 0 Å². The van der Waals surface area contributed by atoms with E-state index in [2.05, 4.69) is 82.7 Å². The maximum absolute atomic E-state index is 12.5. The van der Waals surface area contributed by atoms with Crippen LogP contribution in [-0.2, 0) is 9.53 Å². The first kappa shape index (κ1) is 32.3. The van der Waals surface area contributed by atoms with Gasteiger partial charge in [-0.1, -0.05) is 48.0 Å². The van der Waals surface area contributed by atoms with Crippen LogP contribution in [0, 0.1) is 23.2 Å². The molecule has 35 heavy (non-hydrogen) atoms. The minimum absolute atomic E-state index is 0.000593. The number of nitrogens with zero attached hydrogens (tertiary/aromatic N) is 3. The largest absolute Gasteiger partial charge is 0.396 e. The fraction of sp³-hybridized carbons (Fsp3) is 0.964. The molecule has 0 spiro atoms. The van der Waals surface area contributed by atoms with Gasteiger partial charge in [-0.3, -0.25) is 9.69 Å². The van der Waals surface area contributed by atoms with Crippen molar-refractivity contribution in [1.82, 2.24) is 20.2 Å². The minimum Gasteiger partial charge on any atom is -0.396 e. The smallest absolute Gasteiger partial charge is 0.225 e. The quantitative estimate of drug-likeness (QED) is 0.357. The number of piperazine rings is 1. The first-order chi connectivity index (χ1) is 16.0. The van der Waals surface area contributed by atoms with Crippen LogP contribution in [0.3, 0.4) is 0 Å². The zero-order valence-electron chi connectivity index (χ0n) is 24.9. The van der Waals surface area contributed by atoms with Crippen LogP contribution in [0.1, 0.15) is 82.1 Å². The molecule has 1 amide bonds. The number of nitrogens with one attached hydrogen (secondary N) is 1. The molecule has 0 aromatic heterocycles. The van der Waals surface area contributed by atoms with Crippen LogP contribution in [0.4, 0.5) is 0 Å². The van der Waals surface area contributed by atoms with Gasteiger partial charge in [-0.2, -0.15) is 0 Å². The van der Waals surface area contributed by atoms with Gasteiger partial charge in [-0.15, -0.1) is 0 Å². The third kappa shape index (κ3) is 11.0. The molecule has 2 unspecified atom stereocenters. The molecule has 1 aliphatic heterocycles. The first-order valence-electron chi connectivity index (χ1n) is 13.8. The van der Waals surface area contributed by atoms with Crippen LogP contribution in [-0.4, -0.2) is 96.6 Å². The summed E-state index contributed by atoms with van der Waals surface area (Å²) in [7, 11) is 2.15. The topological polar surface area (TPSA) is 68.3 Å². The Balaban J connectivity index is 2.53. The van der Waals surface area contributed by atoms with Crippen molar-refractivity contribution in [3.8, 4) is 0 Å². The monoisotopic (exact) mass is 498 g/mol. The molecule has 208 valence electrons. The van der Waals surface area contributed by atoms with E-state index in [1.807, 2.05) is 13.8 Å². The summed E-state index contributed by atoms with van der Waals surface area (Å²) in [6, 6.07) is 0. The van der Waals surface area contributed by atoms with E-state index in [9.17, 15) is 9.90 Å². The van der Waals surface area contributed by atoms with Gasteiger partial charge in [0.25, 0.3) is 0 Å². The Morgan fingerprint density at radius 3 is 2.11 bits per heavy atom. The predicted octanol–water partition coefficient (Wildman–Crippen LogP) is 3.87. The molecule has 0 bridgehead atoms.